The van der Waals surface area contributed by atoms with Crippen LogP contribution in [-0.2, 0) is 0 Å². The second kappa shape index (κ2) is 5.04. The standard InChI is InChI=1S/C8H13N3S/c1-12-8(11-6-9)10-5-4-7-2-3-7/h7H,2-5H2,1H3,(H,10,11). The zero-order valence-electron chi connectivity index (χ0n) is 7.21. The number of hydrogen-bond donors (Lipinski definition) is 1. The molecule has 0 amide bonds. The summed E-state index contributed by atoms with van der Waals surface area (Å²) in [5.74, 6) is 0.916. The molecule has 0 aromatic heterocycles. The monoisotopic (exact) mass is 183 g/mol. The van der Waals surface area contributed by atoms with Gasteiger partial charge in [-0.2, -0.15) is 5.26 Å². The molecule has 0 aromatic rings. The van der Waals surface area contributed by atoms with Gasteiger partial charge in [0, 0.05) is 6.54 Å². The molecule has 0 heterocycles. The summed E-state index contributed by atoms with van der Waals surface area (Å²) in [6.07, 6.45) is 7.71. The summed E-state index contributed by atoms with van der Waals surface area (Å²) < 4.78 is 0. The van der Waals surface area contributed by atoms with Crippen LogP contribution in [0.5, 0.6) is 0 Å². The van der Waals surface area contributed by atoms with Gasteiger partial charge >= 0.3 is 0 Å². The number of nitrogens with one attached hydrogen (secondary N) is 1. The number of amidine groups is 1. The van der Waals surface area contributed by atoms with Crippen molar-refractivity contribution in [3.8, 4) is 6.19 Å². The Labute approximate surface area is 77.2 Å². The SMILES string of the molecule is CSC(=NCCC1CC1)NC#N. The van der Waals surface area contributed by atoms with Crippen molar-refractivity contribution in [2.75, 3.05) is 12.8 Å². The summed E-state index contributed by atoms with van der Waals surface area (Å²) in [7, 11) is 0. The van der Waals surface area contributed by atoms with Crippen molar-refractivity contribution in [3.63, 3.8) is 0 Å². The van der Waals surface area contributed by atoms with Crippen molar-refractivity contribution in [2.45, 2.75) is 19.3 Å². The largest absolute Gasteiger partial charge is 0.272 e. The molecule has 0 unspecified atom stereocenters. The third-order valence-electron chi connectivity index (χ3n) is 1.85. The first-order chi connectivity index (χ1) is 5.86. The van der Waals surface area contributed by atoms with E-state index in [2.05, 4.69) is 10.3 Å². The molecule has 1 aliphatic rings. The van der Waals surface area contributed by atoms with Gasteiger partial charge in [-0.3, -0.25) is 10.3 Å². The van der Waals surface area contributed by atoms with Gasteiger partial charge in [-0.25, -0.2) is 0 Å². The first kappa shape index (κ1) is 9.40. The van der Waals surface area contributed by atoms with Crippen molar-refractivity contribution in [3.05, 3.63) is 0 Å². The highest BCUT2D eigenvalue weighted by molar-refractivity contribution is 8.13. The molecule has 1 saturated carbocycles. The first-order valence-electron chi connectivity index (χ1n) is 4.10. The van der Waals surface area contributed by atoms with Crippen LogP contribution in [0.15, 0.2) is 4.99 Å². The lowest BCUT2D eigenvalue weighted by molar-refractivity contribution is 0.740. The van der Waals surface area contributed by atoms with E-state index in [4.69, 9.17) is 5.26 Å². The first-order valence-corrected chi connectivity index (χ1v) is 5.33. The van der Waals surface area contributed by atoms with Crippen molar-refractivity contribution < 1.29 is 0 Å². The fourth-order valence-corrected chi connectivity index (χ4v) is 1.33. The smallest absolute Gasteiger partial charge is 0.183 e. The van der Waals surface area contributed by atoms with Crippen LogP contribution in [0, 0.1) is 17.4 Å². The van der Waals surface area contributed by atoms with Crippen molar-refractivity contribution in [1.82, 2.24) is 5.32 Å². The Hall–Kier alpha value is -0.690. The molecule has 0 saturated heterocycles. The predicted molar refractivity (Wildman–Crippen MR) is 51.9 cm³/mol. The molecule has 1 fully saturated rings. The van der Waals surface area contributed by atoms with E-state index in [9.17, 15) is 0 Å². The number of rotatable bonds is 3. The Kier molecular flexibility index (Phi) is 3.95. The Morgan fingerprint density at radius 3 is 3.00 bits per heavy atom. The van der Waals surface area contributed by atoms with Gasteiger partial charge in [0.2, 0.25) is 0 Å². The molecule has 4 heteroatoms. The fraction of sp³-hybridized carbons (Fsp3) is 0.750. The molecule has 0 radical (unpaired) electrons. The number of aliphatic imine (C=N–C) groups is 1. The van der Waals surface area contributed by atoms with Gasteiger partial charge in [0.25, 0.3) is 0 Å². The lowest BCUT2D eigenvalue weighted by atomic mass is 10.3. The summed E-state index contributed by atoms with van der Waals surface area (Å²) in [5.41, 5.74) is 0. The zero-order chi connectivity index (χ0) is 8.81. The van der Waals surface area contributed by atoms with Crippen LogP contribution in [-0.4, -0.2) is 18.0 Å². The molecule has 0 aliphatic heterocycles. The number of thioether (sulfide) groups is 1. The summed E-state index contributed by atoms with van der Waals surface area (Å²) in [6, 6.07) is 0. The van der Waals surface area contributed by atoms with Gasteiger partial charge in [0.1, 0.15) is 0 Å². The van der Waals surface area contributed by atoms with E-state index in [0.29, 0.717) is 0 Å². The van der Waals surface area contributed by atoms with Gasteiger partial charge in [-0.15, -0.1) is 0 Å². The maximum atomic E-state index is 8.33. The second-order valence-electron chi connectivity index (χ2n) is 2.86. The van der Waals surface area contributed by atoms with Crippen LogP contribution >= 0.6 is 11.8 Å². The average Bonchev–Trinajstić information content (AvgIpc) is 2.87. The van der Waals surface area contributed by atoms with Crippen LogP contribution in [0.4, 0.5) is 0 Å². The molecule has 1 rings (SSSR count). The van der Waals surface area contributed by atoms with E-state index in [-0.39, 0.29) is 0 Å². The Morgan fingerprint density at radius 2 is 2.50 bits per heavy atom. The Bertz CT molecular complexity index is 203. The van der Waals surface area contributed by atoms with Gasteiger partial charge < -0.3 is 0 Å². The van der Waals surface area contributed by atoms with Gasteiger partial charge in [0.15, 0.2) is 11.4 Å². The molecular formula is C8H13N3S. The highest BCUT2D eigenvalue weighted by Crippen LogP contribution is 2.32. The molecule has 0 bridgehead atoms. The lowest BCUT2D eigenvalue weighted by Gasteiger charge is -1.98. The van der Waals surface area contributed by atoms with Crippen LogP contribution in [0.25, 0.3) is 0 Å². The summed E-state index contributed by atoms with van der Waals surface area (Å²) >= 11 is 1.48. The third-order valence-corrected chi connectivity index (χ3v) is 2.46. The maximum Gasteiger partial charge on any atom is 0.183 e. The van der Waals surface area contributed by atoms with E-state index < -0.39 is 0 Å². The Morgan fingerprint density at radius 1 is 1.75 bits per heavy atom. The minimum Gasteiger partial charge on any atom is -0.272 e. The van der Waals surface area contributed by atoms with Crippen molar-refractivity contribution in [1.29, 1.82) is 5.26 Å². The highest BCUT2D eigenvalue weighted by Gasteiger charge is 2.19. The van der Waals surface area contributed by atoms with E-state index in [1.165, 1.54) is 31.0 Å². The highest BCUT2D eigenvalue weighted by atomic mass is 32.2. The van der Waals surface area contributed by atoms with Crippen LogP contribution < -0.4 is 5.32 Å². The maximum absolute atomic E-state index is 8.33. The van der Waals surface area contributed by atoms with Gasteiger partial charge in [0.05, 0.1) is 0 Å². The van der Waals surface area contributed by atoms with E-state index in [1.54, 1.807) is 0 Å². The molecule has 3 nitrogen and oxygen atoms in total. The third kappa shape index (κ3) is 3.63. The molecule has 0 aromatic carbocycles. The molecule has 12 heavy (non-hydrogen) atoms. The molecular weight excluding hydrogens is 170 g/mol. The van der Waals surface area contributed by atoms with E-state index in [1.807, 2.05) is 12.4 Å². The summed E-state index contributed by atoms with van der Waals surface area (Å²) in [4.78, 5) is 4.26. The van der Waals surface area contributed by atoms with Crippen molar-refractivity contribution >= 4 is 16.9 Å². The quantitative estimate of drug-likeness (QED) is 0.313. The normalized spacial score (nSPS) is 17.2. The molecule has 0 spiro atoms. The minimum atomic E-state index is 0.734. The fourth-order valence-electron chi connectivity index (χ4n) is 0.958. The van der Waals surface area contributed by atoms with Crippen molar-refractivity contribution in [2.24, 2.45) is 10.9 Å². The zero-order valence-corrected chi connectivity index (χ0v) is 8.02. The lowest BCUT2D eigenvalue weighted by Crippen LogP contribution is -2.13. The van der Waals surface area contributed by atoms with E-state index >= 15 is 0 Å². The topological polar surface area (TPSA) is 48.2 Å². The second-order valence-corrected chi connectivity index (χ2v) is 3.65. The molecule has 66 valence electrons. The predicted octanol–water partition coefficient (Wildman–Crippen LogP) is 1.58. The number of nitriles is 1. The number of nitrogens with zero attached hydrogens (tertiary/aromatic N) is 2. The summed E-state index contributed by atoms with van der Waals surface area (Å²) in [6.45, 7) is 0.857. The minimum absolute atomic E-state index is 0.734. The summed E-state index contributed by atoms with van der Waals surface area (Å²) in [5, 5.41) is 11.6. The van der Waals surface area contributed by atoms with Crippen LogP contribution in [0.3, 0.4) is 0 Å². The number of hydrogen-bond acceptors (Lipinski definition) is 3. The van der Waals surface area contributed by atoms with Gasteiger partial charge in [-0.05, 0) is 18.6 Å². The van der Waals surface area contributed by atoms with E-state index in [0.717, 1.165) is 17.6 Å². The molecule has 1 aliphatic carbocycles. The average molecular weight is 183 g/mol. The van der Waals surface area contributed by atoms with Gasteiger partial charge in [-0.1, -0.05) is 24.6 Å². The molecule has 1 N–H and O–H groups in total. The van der Waals surface area contributed by atoms with Crippen LogP contribution in [0.1, 0.15) is 19.3 Å². The molecule has 0 atom stereocenters. The Balaban J connectivity index is 2.16. The van der Waals surface area contributed by atoms with Crippen LogP contribution in [0.2, 0.25) is 0 Å².